The summed E-state index contributed by atoms with van der Waals surface area (Å²) in [6.07, 6.45) is 0.0827. The van der Waals surface area contributed by atoms with Crippen molar-refractivity contribution in [1.82, 2.24) is 4.90 Å². The van der Waals surface area contributed by atoms with Crippen LogP contribution in [0.15, 0.2) is 0 Å². The van der Waals surface area contributed by atoms with Crippen LogP contribution in [0.5, 0.6) is 0 Å². The molecule has 80 valence electrons. The molecular weight excluding hydrogens is 186 g/mol. The summed E-state index contributed by atoms with van der Waals surface area (Å²) in [5, 5.41) is 18.0. The van der Waals surface area contributed by atoms with Crippen molar-refractivity contribution >= 4 is 11.9 Å². The number of aliphatic hydroxyl groups is 1. The molecule has 0 aromatic carbocycles. The molecular formula is C9H15NO4. The summed E-state index contributed by atoms with van der Waals surface area (Å²) in [7, 11) is 0. The third-order valence-electron chi connectivity index (χ3n) is 2.47. The molecule has 0 aliphatic carbocycles. The van der Waals surface area contributed by atoms with Gasteiger partial charge in [0.05, 0.1) is 12.0 Å². The monoisotopic (exact) mass is 201 g/mol. The number of β-amino-alcohol motifs (C(OH)–C–C–N with tert-alkyl or cyclic N) is 1. The molecule has 1 fully saturated rings. The number of carboxylic acids is 1. The van der Waals surface area contributed by atoms with Crippen LogP contribution in [0.2, 0.25) is 0 Å². The highest BCUT2D eigenvalue weighted by Crippen LogP contribution is 2.18. The number of aliphatic hydroxyl groups excluding tert-OH is 1. The van der Waals surface area contributed by atoms with E-state index in [4.69, 9.17) is 5.11 Å². The minimum Gasteiger partial charge on any atom is -0.481 e. The number of rotatable bonds is 4. The van der Waals surface area contributed by atoms with Crippen molar-refractivity contribution in [3.63, 3.8) is 0 Å². The first-order valence-corrected chi connectivity index (χ1v) is 4.73. The molecule has 1 aliphatic rings. The van der Waals surface area contributed by atoms with Crippen LogP contribution >= 0.6 is 0 Å². The van der Waals surface area contributed by atoms with E-state index in [1.807, 2.05) is 6.92 Å². The number of hydrogen-bond acceptors (Lipinski definition) is 3. The van der Waals surface area contributed by atoms with E-state index in [2.05, 4.69) is 0 Å². The highest BCUT2D eigenvalue weighted by molar-refractivity contribution is 5.86. The average molecular weight is 201 g/mol. The van der Waals surface area contributed by atoms with Crippen LogP contribution in [0.3, 0.4) is 0 Å². The molecule has 1 aliphatic heterocycles. The van der Waals surface area contributed by atoms with E-state index in [1.165, 1.54) is 4.90 Å². The number of likely N-dealkylation sites (tertiary alicyclic amines) is 1. The number of aliphatic carboxylic acids is 1. The van der Waals surface area contributed by atoms with Crippen molar-refractivity contribution in [3.8, 4) is 0 Å². The number of carboxylic acid groups (broad SMARTS) is 1. The van der Waals surface area contributed by atoms with Crippen LogP contribution in [0, 0.1) is 5.92 Å². The van der Waals surface area contributed by atoms with Gasteiger partial charge in [0.25, 0.3) is 0 Å². The first kappa shape index (κ1) is 11.0. The Bertz CT molecular complexity index is 241. The van der Waals surface area contributed by atoms with Gasteiger partial charge < -0.3 is 15.1 Å². The van der Waals surface area contributed by atoms with Crippen molar-refractivity contribution in [3.05, 3.63) is 0 Å². The molecule has 0 saturated carbocycles. The third kappa shape index (κ3) is 2.45. The molecule has 0 aromatic heterocycles. The lowest BCUT2D eigenvalue weighted by Crippen LogP contribution is -2.33. The maximum Gasteiger partial charge on any atom is 0.308 e. The zero-order chi connectivity index (χ0) is 10.7. The molecule has 1 heterocycles. The highest BCUT2D eigenvalue weighted by atomic mass is 16.4. The first-order chi connectivity index (χ1) is 6.54. The number of nitrogens with zero attached hydrogens (tertiary/aromatic N) is 1. The van der Waals surface area contributed by atoms with Crippen LogP contribution in [-0.4, -0.2) is 46.2 Å². The SMILES string of the molecule is CCC(O)CN1CC(C(=O)O)CC1=O. The van der Waals surface area contributed by atoms with Gasteiger partial charge in [-0.15, -0.1) is 0 Å². The van der Waals surface area contributed by atoms with E-state index in [1.54, 1.807) is 0 Å². The Kier molecular flexibility index (Phi) is 3.46. The van der Waals surface area contributed by atoms with E-state index in [0.717, 1.165) is 0 Å². The zero-order valence-corrected chi connectivity index (χ0v) is 8.14. The molecule has 0 spiro atoms. The van der Waals surface area contributed by atoms with Crippen molar-refractivity contribution < 1.29 is 19.8 Å². The minimum absolute atomic E-state index is 0.0613. The van der Waals surface area contributed by atoms with Gasteiger partial charge in [0.1, 0.15) is 0 Å². The Labute approximate surface area is 82.3 Å². The molecule has 1 rings (SSSR count). The number of hydrogen-bond donors (Lipinski definition) is 2. The minimum atomic E-state index is -0.938. The summed E-state index contributed by atoms with van der Waals surface area (Å²) < 4.78 is 0. The second-order valence-electron chi connectivity index (χ2n) is 3.60. The lowest BCUT2D eigenvalue weighted by Gasteiger charge is -2.18. The van der Waals surface area contributed by atoms with Crippen molar-refractivity contribution in [2.24, 2.45) is 5.92 Å². The van der Waals surface area contributed by atoms with Gasteiger partial charge in [0.2, 0.25) is 5.91 Å². The molecule has 5 nitrogen and oxygen atoms in total. The Morgan fingerprint density at radius 1 is 1.71 bits per heavy atom. The fraction of sp³-hybridized carbons (Fsp3) is 0.778. The molecule has 0 radical (unpaired) electrons. The van der Waals surface area contributed by atoms with Gasteiger partial charge in [-0.3, -0.25) is 9.59 Å². The van der Waals surface area contributed by atoms with Gasteiger partial charge in [0, 0.05) is 19.5 Å². The highest BCUT2D eigenvalue weighted by Gasteiger charge is 2.34. The quantitative estimate of drug-likeness (QED) is 0.654. The second kappa shape index (κ2) is 4.41. The van der Waals surface area contributed by atoms with Crippen molar-refractivity contribution in [2.45, 2.75) is 25.9 Å². The van der Waals surface area contributed by atoms with Gasteiger partial charge in [-0.1, -0.05) is 6.92 Å². The summed E-state index contributed by atoms with van der Waals surface area (Å²) in [6, 6.07) is 0. The smallest absolute Gasteiger partial charge is 0.308 e. The largest absolute Gasteiger partial charge is 0.481 e. The van der Waals surface area contributed by atoms with E-state index in [-0.39, 0.29) is 25.4 Å². The van der Waals surface area contributed by atoms with Crippen molar-refractivity contribution in [2.75, 3.05) is 13.1 Å². The molecule has 0 aromatic rings. The number of amides is 1. The summed E-state index contributed by atoms with van der Waals surface area (Å²) in [4.78, 5) is 23.3. The van der Waals surface area contributed by atoms with Crippen LogP contribution in [-0.2, 0) is 9.59 Å². The lowest BCUT2D eigenvalue weighted by molar-refractivity contribution is -0.141. The fourth-order valence-corrected chi connectivity index (χ4v) is 1.50. The third-order valence-corrected chi connectivity index (χ3v) is 2.47. The molecule has 2 unspecified atom stereocenters. The summed E-state index contributed by atoms with van der Waals surface area (Å²) >= 11 is 0. The number of carbonyl (C=O) groups is 2. The molecule has 5 heteroatoms. The van der Waals surface area contributed by atoms with Gasteiger partial charge in [-0.25, -0.2) is 0 Å². The Hall–Kier alpha value is -1.10. The maximum atomic E-state index is 11.3. The van der Waals surface area contributed by atoms with Gasteiger partial charge in [0.15, 0.2) is 0 Å². The topological polar surface area (TPSA) is 77.8 Å². The summed E-state index contributed by atoms with van der Waals surface area (Å²) in [5.74, 6) is -1.72. The molecule has 1 saturated heterocycles. The Balaban J connectivity index is 2.48. The van der Waals surface area contributed by atoms with Gasteiger partial charge >= 0.3 is 5.97 Å². The number of carbonyl (C=O) groups excluding carboxylic acids is 1. The van der Waals surface area contributed by atoms with Gasteiger partial charge in [-0.05, 0) is 6.42 Å². The van der Waals surface area contributed by atoms with E-state index >= 15 is 0 Å². The fourth-order valence-electron chi connectivity index (χ4n) is 1.50. The van der Waals surface area contributed by atoms with Crippen LogP contribution in [0.25, 0.3) is 0 Å². The Morgan fingerprint density at radius 3 is 2.79 bits per heavy atom. The molecule has 0 bridgehead atoms. The van der Waals surface area contributed by atoms with Crippen LogP contribution in [0.4, 0.5) is 0 Å². The lowest BCUT2D eigenvalue weighted by atomic mass is 10.1. The van der Waals surface area contributed by atoms with E-state index in [0.29, 0.717) is 6.42 Å². The standard InChI is InChI=1S/C9H15NO4/c1-2-7(11)5-10-4-6(9(13)14)3-8(10)12/h6-7,11H,2-5H2,1H3,(H,13,14). The molecule has 2 atom stereocenters. The molecule has 1 amide bonds. The Morgan fingerprint density at radius 2 is 2.36 bits per heavy atom. The molecule has 2 N–H and O–H groups in total. The van der Waals surface area contributed by atoms with E-state index in [9.17, 15) is 14.7 Å². The van der Waals surface area contributed by atoms with Crippen LogP contribution < -0.4 is 0 Å². The second-order valence-corrected chi connectivity index (χ2v) is 3.60. The van der Waals surface area contributed by atoms with Crippen molar-refractivity contribution in [1.29, 1.82) is 0 Å². The first-order valence-electron chi connectivity index (χ1n) is 4.73. The predicted octanol–water partition coefficient (Wildman–Crippen LogP) is -0.310. The van der Waals surface area contributed by atoms with Crippen LogP contribution in [0.1, 0.15) is 19.8 Å². The zero-order valence-electron chi connectivity index (χ0n) is 8.14. The summed E-state index contributed by atoms with van der Waals surface area (Å²) in [6.45, 7) is 2.30. The molecule has 14 heavy (non-hydrogen) atoms. The maximum absolute atomic E-state index is 11.3. The van der Waals surface area contributed by atoms with Gasteiger partial charge in [-0.2, -0.15) is 0 Å². The van der Waals surface area contributed by atoms with E-state index < -0.39 is 18.0 Å². The summed E-state index contributed by atoms with van der Waals surface area (Å²) in [5.41, 5.74) is 0. The average Bonchev–Trinajstić information content (AvgIpc) is 2.48. The predicted molar refractivity (Wildman–Crippen MR) is 48.6 cm³/mol. The normalized spacial score (nSPS) is 24.0.